The van der Waals surface area contributed by atoms with Crippen LogP contribution in [0.1, 0.15) is 22.8 Å². The Hall–Kier alpha value is -2.22. The van der Waals surface area contributed by atoms with Crippen molar-refractivity contribution in [2.24, 2.45) is 10.2 Å². The number of hydrogen-bond donors (Lipinski definition) is 2. The second-order valence-corrected chi connectivity index (χ2v) is 6.71. The highest BCUT2D eigenvalue weighted by molar-refractivity contribution is 7.89. The SMILES string of the molecule is C/C(=N/NC(=O)c1ccc(S(N)(=O)=O)cc1)c1ccc(Cl)cc1. The van der Waals surface area contributed by atoms with Crippen molar-refractivity contribution in [1.29, 1.82) is 0 Å². The average Bonchev–Trinajstić information content (AvgIpc) is 2.52. The van der Waals surface area contributed by atoms with Crippen LogP contribution in [0.2, 0.25) is 5.02 Å². The highest BCUT2D eigenvalue weighted by Gasteiger charge is 2.10. The lowest BCUT2D eigenvalue weighted by Gasteiger charge is -2.04. The van der Waals surface area contributed by atoms with Crippen LogP contribution >= 0.6 is 11.6 Å². The van der Waals surface area contributed by atoms with E-state index in [-0.39, 0.29) is 10.5 Å². The molecule has 0 aliphatic heterocycles. The van der Waals surface area contributed by atoms with Crippen molar-refractivity contribution in [1.82, 2.24) is 5.43 Å². The summed E-state index contributed by atoms with van der Waals surface area (Å²) in [6, 6.07) is 12.3. The molecule has 0 spiro atoms. The van der Waals surface area contributed by atoms with E-state index < -0.39 is 15.9 Å². The van der Waals surface area contributed by atoms with Gasteiger partial charge in [-0.2, -0.15) is 5.10 Å². The van der Waals surface area contributed by atoms with Crippen molar-refractivity contribution in [3.05, 3.63) is 64.7 Å². The molecule has 0 saturated heterocycles. The van der Waals surface area contributed by atoms with Gasteiger partial charge in [0.2, 0.25) is 10.0 Å². The molecule has 0 bridgehead atoms. The number of hydrogen-bond acceptors (Lipinski definition) is 4. The number of carbonyl (C=O) groups is 1. The van der Waals surface area contributed by atoms with Crippen LogP contribution < -0.4 is 10.6 Å². The van der Waals surface area contributed by atoms with Gasteiger partial charge < -0.3 is 0 Å². The van der Waals surface area contributed by atoms with E-state index in [1.54, 1.807) is 31.2 Å². The van der Waals surface area contributed by atoms with Crippen molar-refractivity contribution in [2.45, 2.75) is 11.8 Å². The maximum atomic E-state index is 12.0. The van der Waals surface area contributed by atoms with Crippen molar-refractivity contribution in [2.75, 3.05) is 0 Å². The van der Waals surface area contributed by atoms with Gasteiger partial charge in [0.25, 0.3) is 5.91 Å². The lowest BCUT2D eigenvalue weighted by atomic mass is 10.1. The lowest BCUT2D eigenvalue weighted by molar-refractivity contribution is 0.0954. The van der Waals surface area contributed by atoms with Gasteiger partial charge in [-0.15, -0.1) is 0 Å². The molecule has 0 aliphatic rings. The Morgan fingerprint density at radius 3 is 2.09 bits per heavy atom. The number of benzene rings is 2. The fraction of sp³-hybridized carbons (Fsp3) is 0.0667. The van der Waals surface area contributed by atoms with Gasteiger partial charge in [0.05, 0.1) is 10.6 Å². The molecular weight excluding hydrogens is 338 g/mol. The standard InChI is InChI=1S/C15H14ClN3O3S/c1-10(11-2-6-13(16)7-3-11)18-19-15(20)12-4-8-14(9-5-12)23(17,21)22/h2-9H,1H3,(H,19,20)(H2,17,21,22)/b18-10-. The molecule has 0 atom stereocenters. The molecule has 0 saturated carbocycles. The Labute approximate surface area is 139 Å². The molecule has 6 nitrogen and oxygen atoms in total. The highest BCUT2D eigenvalue weighted by Crippen LogP contribution is 2.11. The third-order valence-electron chi connectivity index (χ3n) is 3.03. The van der Waals surface area contributed by atoms with E-state index in [9.17, 15) is 13.2 Å². The van der Waals surface area contributed by atoms with Crippen molar-refractivity contribution >= 4 is 33.2 Å². The van der Waals surface area contributed by atoms with E-state index in [1.807, 2.05) is 0 Å². The van der Waals surface area contributed by atoms with E-state index in [0.29, 0.717) is 10.7 Å². The topological polar surface area (TPSA) is 102 Å². The molecule has 2 aromatic carbocycles. The number of nitrogens with one attached hydrogen (secondary N) is 1. The van der Waals surface area contributed by atoms with Crippen LogP contribution in [0.5, 0.6) is 0 Å². The van der Waals surface area contributed by atoms with Crippen LogP contribution in [-0.2, 0) is 10.0 Å². The summed E-state index contributed by atoms with van der Waals surface area (Å²) in [4.78, 5) is 11.9. The fourth-order valence-electron chi connectivity index (χ4n) is 1.75. The van der Waals surface area contributed by atoms with Crippen LogP contribution in [0, 0.1) is 0 Å². The molecule has 2 rings (SSSR count). The number of nitrogens with zero attached hydrogens (tertiary/aromatic N) is 1. The lowest BCUT2D eigenvalue weighted by Crippen LogP contribution is -2.19. The van der Waals surface area contributed by atoms with E-state index in [0.717, 1.165) is 5.56 Å². The molecule has 0 radical (unpaired) electrons. The summed E-state index contributed by atoms with van der Waals surface area (Å²) < 4.78 is 22.3. The minimum atomic E-state index is -3.78. The first kappa shape index (κ1) is 17.1. The number of nitrogens with two attached hydrogens (primary N) is 1. The third-order valence-corrected chi connectivity index (χ3v) is 4.21. The second-order valence-electron chi connectivity index (χ2n) is 4.71. The van der Waals surface area contributed by atoms with E-state index in [1.165, 1.54) is 24.3 Å². The Morgan fingerprint density at radius 1 is 1.04 bits per heavy atom. The van der Waals surface area contributed by atoms with Gasteiger partial charge in [-0.05, 0) is 48.9 Å². The predicted molar refractivity (Wildman–Crippen MR) is 88.9 cm³/mol. The van der Waals surface area contributed by atoms with Crippen molar-refractivity contribution in [3.63, 3.8) is 0 Å². The van der Waals surface area contributed by atoms with Crippen LogP contribution in [0.15, 0.2) is 58.5 Å². The quantitative estimate of drug-likeness (QED) is 0.651. The first-order chi connectivity index (χ1) is 10.8. The molecule has 0 fully saturated rings. The molecule has 8 heteroatoms. The van der Waals surface area contributed by atoms with Gasteiger partial charge in [0.15, 0.2) is 0 Å². The summed E-state index contributed by atoms with van der Waals surface area (Å²) in [6.07, 6.45) is 0. The van der Waals surface area contributed by atoms with Crippen LogP contribution in [0.25, 0.3) is 0 Å². The Kier molecular flexibility index (Phi) is 5.15. The maximum Gasteiger partial charge on any atom is 0.271 e. The maximum absolute atomic E-state index is 12.0. The zero-order valence-corrected chi connectivity index (χ0v) is 13.7. The molecule has 120 valence electrons. The number of hydrazone groups is 1. The Bertz CT molecular complexity index is 845. The zero-order chi connectivity index (χ0) is 17.0. The fourth-order valence-corrected chi connectivity index (χ4v) is 2.39. The van der Waals surface area contributed by atoms with Crippen molar-refractivity contribution < 1.29 is 13.2 Å². The van der Waals surface area contributed by atoms with Gasteiger partial charge in [-0.3, -0.25) is 4.79 Å². The summed E-state index contributed by atoms with van der Waals surface area (Å²) in [5.74, 6) is -0.459. The van der Waals surface area contributed by atoms with Gasteiger partial charge in [0.1, 0.15) is 0 Å². The molecule has 3 N–H and O–H groups in total. The minimum Gasteiger partial charge on any atom is -0.267 e. The molecular formula is C15H14ClN3O3S. The molecule has 0 aromatic heterocycles. The summed E-state index contributed by atoms with van der Waals surface area (Å²) in [5, 5.41) is 9.61. The molecule has 2 aromatic rings. The number of halogens is 1. The number of carbonyl (C=O) groups excluding carboxylic acids is 1. The van der Waals surface area contributed by atoms with E-state index >= 15 is 0 Å². The van der Waals surface area contributed by atoms with Gasteiger partial charge in [-0.1, -0.05) is 23.7 Å². The number of primary sulfonamides is 1. The summed E-state index contributed by atoms with van der Waals surface area (Å²) >= 11 is 5.81. The van der Waals surface area contributed by atoms with Gasteiger partial charge >= 0.3 is 0 Å². The average molecular weight is 352 g/mol. The molecule has 0 aliphatic carbocycles. The van der Waals surface area contributed by atoms with Crippen molar-refractivity contribution in [3.8, 4) is 0 Å². The largest absolute Gasteiger partial charge is 0.271 e. The molecule has 1 amide bonds. The molecule has 23 heavy (non-hydrogen) atoms. The first-order valence-electron chi connectivity index (χ1n) is 6.51. The van der Waals surface area contributed by atoms with Crippen LogP contribution in [0.4, 0.5) is 0 Å². The van der Waals surface area contributed by atoms with Gasteiger partial charge in [-0.25, -0.2) is 19.0 Å². The molecule has 0 unspecified atom stereocenters. The summed E-state index contributed by atoms with van der Waals surface area (Å²) in [6.45, 7) is 1.74. The van der Waals surface area contributed by atoms with E-state index in [2.05, 4.69) is 10.5 Å². The second kappa shape index (κ2) is 6.91. The van der Waals surface area contributed by atoms with Crippen LogP contribution in [-0.4, -0.2) is 20.0 Å². The number of rotatable bonds is 4. The smallest absolute Gasteiger partial charge is 0.267 e. The Balaban J connectivity index is 2.09. The Morgan fingerprint density at radius 2 is 1.57 bits per heavy atom. The molecule has 0 heterocycles. The third kappa shape index (κ3) is 4.62. The normalized spacial score (nSPS) is 12.0. The predicted octanol–water partition coefficient (Wildman–Crippen LogP) is 2.14. The summed E-state index contributed by atoms with van der Waals surface area (Å²) in [5.41, 5.74) is 4.10. The minimum absolute atomic E-state index is 0.0603. The van der Waals surface area contributed by atoms with E-state index in [4.69, 9.17) is 16.7 Å². The van der Waals surface area contributed by atoms with Crippen LogP contribution in [0.3, 0.4) is 0 Å². The zero-order valence-electron chi connectivity index (χ0n) is 12.2. The summed E-state index contributed by atoms with van der Waals surface area (Å²) in [7, 11) is -3.78. The van der Waals surface area contributed by atoms with Gasteiger partial charge in [0, 0.05) is 10.6 Å². The monoisotopic (exact) mass is 351 g/mol. The first-order valence-corrected chi connectivity index (χ1v) is 8.43. The number of amides is 1. The highest BCUT2D eigenvalue weighted by atomic mass is 35.5. The number of sulfonamides is 1.